The Labute approximate surface area is 113 Å². The Balaban J connectivity index is 2.16. The SMILES string of the molecule is CC1CN(Cc2ccc(F)cc2Cl)C(C)(C)CN1. The highest BCUT2D eigenvalue weighted by Gasteiger charge is 2.32. The molecule has 1 unspecified atom stereocenters. The number of piperazine rings is 1. The van der Waals surface area contributed by atoms with Crippen LogP contribution in [-0.4, -0.2) is 29.6 Å². The topological polar surface area (TPSA) is 15.3 Å². The normalized spacial score (nSPS) is 24.2. The van der Waals surface area contributed by atoms with Crippen LogP contribution in [0.4, 0.5) is 4.39 Å². The summed E-state index contributed by atoms with van der Waals surface area (Å²) >= 11 is 6.10. The second-order valence-corrected chi connectivity index (χ2v) is 6.12. The van der Waals surface area contributed by atoms with Crippen LogP contribution in [0.3, 0.4) is 0 Å². The van der Waals surface area contributed by atoms with Gasteiger partial charge in [0.2, 0.25) is 0 Å². The molecule has 1 fully saturated rings. The molecule has 0 aromatic heterocycles. The number of nitrogens with one attached hydrogen (secondary N) is 1. The third kappa shape index (κ3) is 3.02. The lowest BCUT2D eigenvalue weighted by Crippen LogP contribution is -2.60. The molecule has 0 aliphatic carbocycles. The van der Waals surface area contributed by atoms with E-state index in [0.29, 0.717) is 11.1 Å². The van der Waals surface area contributed by atoms with Crippen molar-refractivity contribution >= 4 is 11.6 Å². The van der Waals surface area contributed by atoms with Crippen LogP contribution in [0.25, 0.3) is 0 Å². The second kappa shape index (κ2) is 5.16. The monoisotopic (exact) mass is 270 g/mol. The summed E-state index contributed by atoms with van der Waals surface area (Å²) in [6.07, 6.45) is 0. The molecule has 1 aromatic carbocycles. The van der Waals surface area contributed by atoms with E-state index < -0.39 is 0 Å². The fraction of sp³-hybridized carbons (Fsp3) is 0.571. The first-order valence-electron chi connectivity index (χ1n) is 6.31. The molecular formula is C14H20ClFN2. The predicted octanol–water partition coefficient (Wildman–Crippen LogP) is 3.05. The molecule has 1 aliphatic heterocycles. The zero-order valence-corrected chi connectivity index (χ0v) is 11.9. The highest BCUT2D eigenvalue weighted by atomic mass is 35.5. The van der Waals surface area contributed by atoms with Gasteiger partial charge in [0.15, 0.2) is 0 Å². The van der Waals surface area contributed by atoms with Crippen molar-refractivity contribution in [1.82, 2.24) is 10.2 Å². The van der Waals surface area contributed by atoms with Gasteiger partial charge in [-0.3, -0.25) is 4.90 Å². The maximum atomic E-state index is 13.0. The highest BCUT2D eigenvalue weighted by Crippen LogP contribution is 2.25. The Morgan fingerprint density at radius 2 is 2.22 bits per heavy atom. The molecule has 0 saturated carbocycles. The fourth-order valence-corrected chi connectivity index (χ4v) is 2.54. The van der Waals surface area contributed by atoms with E-state index in [9.17, 15) is 4.39 Å². The van der Waals surface area contributed by atoms with Crippen molar-refractivity contribution in [1.29, 1.82) is 0 Å². The molecule has 1 atom stereocenters. The Hall–Kier alpha value is -0.640. The van der Waals surface area contributed by atoms with Gasteiger partial charge in [-0.15, -0.1) is 0 Å². The number of benzene rings is 1. The lowest BCUT2D eigenvalue weighted by Gasteiger charge is -2.45. The number of halogens is 2. The molecule has 0 spiro atoms. The molecule has 2 nitrogen and oxygen atoms in total. The summed E-state index contributed by atoms with van der Waals surface area (Å²) in [5.41, 5.74) is 1.07. The Bertz CT molecular complexity index is 434. The second-order valence-electron chi connectivity index (χ2n) is 5.71. The average molecular weight is 271 g/mol. The molecule has 2 rings (SSSR count). The molecule has 4 heteroatoms. The standard InChI is InChI=1S/C14H20ClFN2/c1-10-7-18(14(2,3)9-17-10)8-11-4-5-12(16)6-13(11)15/h4-6,10,17H,7-9H2,1-3H3. The van der Waals surface area contributed by atoms with Gasteiger partial charge in [-0.25, -0.2) is 4.39 Å². The zero-order chi connectivity index (χ0) is 13.3. The van der Waals surface area contributed by atoms with Crippen LogP contribution in [-0.2, 0) is 6.54 Å². The summed E-state index contributed by atoms with van der Waals surface area (Å²) < 4.78 is 13.0. The molecule has 1 heterocycles. The molecule has 0 bridgehead atoms. The minimum Gasteiger partial charge on any atom is -0.311 e. The largest absolute Gasteiger partial charge is 0.311 e. The lowest BCUT2D eigenvalue weighted by molar-refractivity contribution is 0.0627. The van der Waals surface area contributed by atoms with E-state index in [4.69, 9.17) is 11.6 Å². The van der Waals surface area contributed by atoms with E-state index in [0.717, 1.165) is 25.2 Å². The van der Waals surface area contributed by atoms with Crippen molar-refractivity contribution in [3.63, 3.8) is 0 Å². The number of rotatable bonds is 2. The first-order chi connectivity index (χ1) is 8.38. The minimum atomic E-state index is -0.281. The number of nitrogens with zero attached hydrogens (tertiary/aromatic N) is 1. The molecular weight excluding hydrogens is 251 g/mol. The van der Waals surface area contributed by atoms with Crippen LogP contribution in [0.2, 0.25) is 5.02 Å². The van der Waals surface area contributed by atoms with Gasteiger partial charge in [0.05, 0.1) is 0 Å². The number of hydrogen-bond acceptors (Lipinski definition) is 2. The van der Waals surface area contributed by atoms with E-state index in [2.05, 4.69) is 31.0 Å². The van der Waals surface area contributed by atoms with Crippen molar-refractivity contribution in [3.8, 4) is 0 Å². The summed E-state index contributed by atoms with van der Waals surface area (Å²) in [6.45, 7) is 9.28. The Kier molecular flexibility index (Phi) is 3.95. The summed E-state index contributed by atoms with van der Waals surface area (Å²) in [4.78, 5) is 2.40. The first kappa shape index (κ1) is 13.8. The van der Waals surface area contributed by atoms with Crippen LogP contribution in [0.5, 0.6) is 0 Å². The van der Waals surface area contributed by atoms with Crippen LogP contribution in [0.1, 0.15) is 26.3 Å². The lowest BCUT2D eigenvalue weighted by atomic mass is 9.97. The quantitative estimate of drug-likeness (QED) is 0.889. The van der Waals surface area contributed by atoms with Crippen LogP contribution in [0.15, 0.2) is 18.2 Å². The van der Waals surface area contributed by atoms with E-state index >= 15 is 0 Å². The third-order valence-electron chi connectivity index (χ3n) is 3.61. The molecule has 1 N–H and O–H groups in total. The third-order valence-corrected chi connectivity index (χ3v) is 3.96. The molecule has 100 valence electrons. The van der Waals surface area contributed by atoms with Crippen molar-refractivity contribution in [3.05, 3.63) is 34.6 Å². The Morgan fingerprint density at radius 1 is 1.50 bits per heavy atom. The van der Waals surface area contributed by atoms with Crippen molar-refractivity contribution < 1.29 is 4.39 Å². The summed E-state index contributed by atoms with van der Waals surface area (Å²) in [6, 6.07) is 5.10. The minimum absolute atomic E-state index is 0.0875. The summed E-state index contributed by atoms with van der Waals surface area (Å²) in [7, 11) is 0. The maximum Gasteiger partial charge on any atom is 0.124 e. The molecule has 1 aromatic rings. The van der Waals surface area contributed by atoms with Crippen LogP contribution >= 0.6 is 11.6 Å². The molecule has 1 aliphatic rings. The van der Waals surface area contributed by atoms with E-state index in [-0.39, 0.29) is 11.4 Å². The van der Waals surface area contributed by atoms with Gasteiger partial charge in [-0.05, 0) is 38.5 Å². The van der Waals surface area contributed by atoms with Gasteiger partial charge in [0.1, 0.15) is 5.82 Å². The fourth-order valence-electron chi connectivity index (χ4n) is 2.31. The molecule has 0 amide bonds. The van der Waals surface area contributed by atoms with Gasteiger partial charge in [-0.2, -0.15) is 0 Å². The number of hydrogen-bond donors (Lipinski definition) is 1. The van der Waals surface area contributed by atoms with Gasteiger partial charge < -0.3 is 5.32 Å². The molecule has 0 radical (unpaired) electrons. The van der Waals surface area contributed by atoms with E-state index in [1.807, 2.05) is 0 Å². The molecule has 18 heavy (non-hydrogen) atoms. The molecule has 1 saturated heterocycles. The average Bonchev–Trinajstić information content (AvgIpc) is 2.27. The summed E-state index contributed by atoms with van der Waals surface area (Å²) in [5, 5.41) is 3.99. The maximum absolute atomic E-state index is 13.0. The smallest absolute Gasteiger partial charge is 0.124 e. The van der Waals surface area contributed by atoms with Gasteiger partial charge >= 0.3 is 0 Å². The summed E-state index contributed by atoms with van der Waals surface area (Å²) in [5.74, 6) is -0.281. The van der Waals surface area contributed by atoms with E-state index in [1.165, 1.54) is 12.1 Å². The predicted molar refractivity (Wildman–Crippen MR) is 73.4 cm³/mol. The Morgan fingerprint density at radius 3 is 2.89 bits per heavy atom. The van der Waals surface area contributed by atoms with Crippen molar-refractivity contribution in [2.45, 2.75) is 38.9 Å². The van der Waals surface area contributed by atoms with Crippen molar-refractivity contribution in [2.75, 3.05) is 13.1 Å². The van der Waals surface area contributed by atoms with Crippen LogP contribution < -0.4 is 5.32 Å². The van der Waals surface area contributed by atoms with Gasteiger partial charge in [-0.1, -0.05) is 17.7 Å². The highest BCUT2D eigenvalue weighted by molar-refractivity contribution is 6.31. The van der Waals surface area contributed by atoms with Gasteiger partial charge in [0, 0.05) is 36.2 Å². The van der Waals surface area contributed by atoms with Crippen LogP contribution in [0, 0.1) is 5.82 Å². The zero-order valence-electron chi connectivity index (χ0n) is 11.1. The first-order valence-corrected chi connectivity index (χ1v) is 6.68. The van der Waals surface area contributed by atoms with Crippen molar-refractivity contribution in [2.24, 2.45) is 0 Å². The van der Waals surface area contributed by atoms with Gasteiger partial charge in [0.25, 0.3) is 0 Å². The van der Waals surface area contributed by atoms with E-state index in [1.54, 1.807) is 6.07 Å².